The first-order chi connectivity index (χ1) is 10.1. The first kappa shape index (κ1) is 15.9. The number of ether oxygens (including phenoxy) is 1. The van der Waals surface area contributed by atoms with Crippen LogP contribution in [0.1, 0.15) is 29.5 Å². The number of benzene rings is 1. The van der Waals surface area contributed by atoms with Crippen molar-refractivity contribution in [3.8, 4) is 0 Å². The van der Waals surface area contributed by atoms with Crippen molar-refractivity contribution in [3.63, 3.8) is 0 Å². The van der Waals surface area contributed by atoms with E-state index < -0.39 is 0 Å². The van der Waals surface area contributed by atoms with Crippen LogP contribution in [-0.2, 0) is 11.3 Å². The number of aliphatic hydroxyl groups is 1. The lowest BCUT2D eigenvalue weighted by Gasteiger charge is -2.32. The molecule has 0 bridgehead atoms. The summed E-state index contributed by atoms with van der Waals surface area (Å²) >= 11 is 0. The summed E-state index contributed by atoms with van der Waals surface area (Å²) in [6.07, 6.45) is 2.32. The lowest BCUT2D eigenvalue weighted by molar-refractivity contribution is -0.00903. The van der Waals surface area contributed by atoms with Gasteiger partial charge in [0.05, 0.1) is 19.3 Å². The minimum atomic E-state index is 0.0991. The highest BCUT2D eigenvalue weighted by Gasteiger charge is 2.19. The molecule has 1 saturated heterocycles. The van der Waals surface area contributed by atoms with Gasteiger partial charge in [-0.25, -0.2) is 0 Å². The zero-order valence-electron chi connectivity index (χ0n) is 12.6. The van der Waals surface area contributed by atoms with Crippen LogP contribution in [0.5, 0.6) is 0 Å². The number of hydrogen-bond acceptors (Lipinski definition) is 4. The molecule has 0 aliphatic carbocycles. The van der Waals surface area contributed by atoms with E-state index in [1.165, 1.54) is 11.1 Å². The Morgan fingerprint density at radius 3 is 2.71 bits per heavy atom. The van der Waals surface area contributed by atoms with Gasteiger partial charge in [0, 0.05) is 25.2 Å². The fourth-order valence-corrected chi connectivity index (χ4v) is 2.74. The largest absolute Gasteiger partial charge is 0.394 e. The van der Waals surface area contributed by atoms with E-state index in [0.29, 0.717) is 6.61 Å². The number of rotatable bonds is 6. The van der Waals surface area contributed by atoms with Crippen molar-refractivity contribution in [2.24, 2.45) is 5.73 Å². The molecule has 5 heteroatoms. The highest BCUT2D eigenvalue weighted by molar-refractivity contribution is 5.95. The van der Waals surface area contributed by atoms with Gasteiger partial charge in [-0.3, -0.25) is 10.3 Å². The Kier molecular flexibility index (Phi) is 5.73. The van der Waals surface area contributed by atoms with Crippen molar-refractivity contribution < 1.29 is 9.84 Å². The second-order valence-electron chi connectivity index (χ2n) is 5.62. The van der Waals surface area contributed by atoms with Crippen molar-refractivity contribution in [2.45, 2.75) is 32.4 Å². The molecule has 21 heavy (non-hydrogen) atoms. The number of aliphatic hydroxyl groups excluding tert-OH is 1. The summed E-state index contributed by atoms with van der Waals surface area (Å²) in [5, 5.41) is 16.2. The molecular formula is C16H25N3O2. The van der Waals surface area contributed by atoms with Crippen molar-refractivity contribution in [3.05, 3.63) is 34.9 Å². The van der Waals surface area contributed by atoms with Gasteiger partial charge in [0.1, 0.15) is 5.84 Å². The summed E-state index contributed by atoms with van der Waals surface area (Å²) in [6, 6.07) is 5.97. The summed E-state index contributed by atoms with van der Waals surface area (Å²) < 4.78 is 5.58. The maximum absolute atomic E-state index is 8.78. The summed E-state index contributed by atoms with van der Waals surface area (Å²) in [4.78, 5) is 2.43. The van der Waals surface area contributed by atoms with E-state index in [-0.39, 0.29) is 18.5 Å². The number of amidine groups is 1. The lowest BCUT2D eigenvalue weighted by atomic mass is 10.0. The molecule has 0 saturated carbocycles. The van der Waals surface area contributed by atoms with Gasteiger partial charge in [0.25, 0.3) is 0 Å². The number of hydrogen-bond donors (Lipinski definition) is 3. The van der Waals surface area contributed by atoms with Gasteiger partial charge in [-0.2, -0.15) is 0 Å². The van der Waals surface area contributed by atoms with E-state index in [0.717, 1.165) is 38.0 Å². The Balaban J connectivity index is 1.87. The van der Waals surface area contributed by atoms with Gasteiger partial charge in [-0.15, -0.1) is 0 Å². The van der Waals surface area contributed by atoms with E-state index in [1.807, 2.05) is 12.1 Å². The average molecular weight is 291 g/mol. The third-order valence-corrected chi connectivity index (χ3v) is 4.03. The van der Waals surface area contributed by atoms with Gasteiger partial charge in [-0.1, -0.05) is 12.1 Å². The molecule has 1 aromatic carbocycles. The number of nitrogens with zero attached hydrogens (tertiary/aromatic N) is 1. The highest BCUT2D eigenvalue weighted by Crippen LogP contribution is 2.18. The molecule has 0 radical (unpaired) electrons. The molecule has 1 fully saturated rings. The number of likely N-dealkylation sites (tertiary alicyclic amines) is 1. The molecule has 0 amide bonds. The number of piperidine rings is 1. The Bertz CT molecular complexity index is 482. The van der Waals surface area contributed by atoms with E-state index in [4.69, 9.17) is 21.0 Å². The molecule has 0 aromatic heterocycles. The minimum absolute atomic E-state index is 0.0991. The van der Waals surface area contributed by atoms with Crippen LogP contribution in [0.25, 0.3) is 0 Å². The lowest BCUT2D eigenvalue weighted by Crippen LogP contribution is -2.37. The second-order valence-corrected chi connectivity index (χ2v) is 5.62. The highest BCUT2D eigenvalue weighted by atomic mass is 16.5. The predicted octanol–water partition coefficient (Wildman–Crippen LogP) is 1.25. The Morgan fingerprint density at radius 1 is 1.43 bits per heavy atom. The van der Waals surface area contributed by atoms with E-state index in [1.54, 1.807) is 0 Å². The monoisotopic (exact) mass is 291 g/mol. The molecule has 5 nitrogen and oxygen atoms in total. The van der Waals surface area contributed by atoms with Gasteiger partial charge < -0.3 is 15.6 Å². The van der Waals surface area contributed by atoms with E-state index in [2.05, 4.69) is 17.9 Å². The molecule has 0 unspecified atom stereocenters. The molecule has 1 aliphatic rings. The zero-order chi connectivity index (χ0) is 15.2. The summed E-state index contributed by atoms with van der Waals surface area (Å²) in [5.41, 5.74) is 8.77. The van der Waals surface area contributed by atoms with E-state index >= 15 is 0 Å². The Hall–Kier alpha value is -1.43. The fraction of sp³-hybridized carbons (Fsp3) is 0.562. The topological polar surface area (TPSA) is 82.6 Å². The number of aryl methyl sites for hydroxylation is 1. The third-order valence-electron chi connectivity index (χ3n) is 4.03. The van der Waals surface area contributed by atoms with Crippen LogP contribution in [-0.4, -0.2) is 48.2 Å². The number of nitrogens with one attached hydrogen (secondary N) is 1. The van der Waals surface area contributed by atoms with Crippen molar-refractivity contribution >= 4 is 5.84 Å². The van der Waals surface area contributed by atoms with Crippen LogP contribution >= 0.6 is 0 Å². The number of nitrogen functional groups attached to an aromatic ring is 1. The quantitative estimate of drug-likeness (QED) is 0.544. The predicted molar refractivity (Wildman–Crippen MR) is 83.5 cm³/mol. The molecule has 4 N–H and O–H groups in total. The summed E-state index contributed by atoms with van der Waals surface area (Å²) in [7, 11) is 0. The maximum atomic E-state index is 8.78. The Morgan fingerprint density at radius 2 is 2.14 bits per heavy atom. The molecule has 0 atom stereocenters. The maximum Gasteiger partial charge on any atom is 0.122 e. The summed E-state index contributed by atoms with van der Waals surface area (Å²) in [6.45, 7) is 5.57. The van der Waals surface area contributed by atoms with E-state index in [9.17, 15) is 0 Å². The van der Waals surface area contributed by atoms with Crippen LogP contribution in [0.2, 0.25) is 0 Å². The first-order valence-corrected chi connectivity index (χ1v) is 7.49. The summed E-state index contributed by atoms with van der Waals surface area (Å²) in [5.74, 6) is 0.117. The molecule has 2 rings (SSSR count). The molecule has 116 valence electrons. The Labute approximate surface area is 126 Å². The standard InChI is InChI=1S/C16H25N3O2/c1-12-10-13(16(17)18)2-3-14(12)11-19-6-4-15(5-7-19)21-9-8-20/h2-3,10,15,20H,4-9,11H2,1H3,(H3,17,18). The van der Waals surface area contributed by atoms with Crippen molar-refractivity contribution in [1.29, 1.82) is 5.41 Å². The SMILES string of the molecule is Cc1cc(C(=N)N)ccc1CN1CCC(OCCO)CC1. The third kappa shape index (κ3) is 4.52. The second kappa shape index (κ2) is 7.54. The van der Waals surface area contributed by atoms with Crippen LogP contribution < -0.4 is 5.73 Å². The van der Waals surface area contributed by atoms with Crippen molar-refractivity contribution in [1.82, 2.24) is 4.90 Å². The van der Waals surface area contributed by atoms with Gasteiger partial charge in [0.15, 0.2) is 0 Å². The van der Waals surface area contributed by atoms with Crippen LogP contribution in [0.4, 0.5) is 0 Å². The minimum Gasteiger partial charge on any atom is -0.394 e. The van der Waals surface area contributed by atoms with Crippen molar-refractivity contribution in [2.75, 3.05) is 26.3 Å². The number of nitrogens with two attached hydrogens (primary N) is 1. The van der Waals surface area contributed by atoms with Gasteiger partial charge in [-0.05, 0) is 37.0 Å². The van der Waals surface area contributed by atoms with Gasteiger partial charge >= 0.3 is 0 Å². The van der Waals surface area contributed by atoms with Crippen LogP contribution in [0.3, 0.4) is 0 Å². The fourth-order valence-electron chi connectivity index (χ4n) is 2.74. The average Bonchev–Trinajstić information content (AvgIpc) is 2.48. The first-order valence-electron chi connectivity index (χ1n) is 7.49. The zero-order valence-corrected chi connectivity index (χ0v) is 12.6. The normalized spacial score (nSPS) is 17.0. The molecule has 1 aliphatic heterocycles. The molecule has 1 aromatic rings. The smallest absolute Gasteiger partial charge is 0.122 e. The van der Waals surface area contributed by atoms with Gasteiger partial charge in [0.2, 0.25) is 0 Å². The molecule has 0 spiro atoms. The molecule has 1 heterocycles. The molecular weight excluding hydrogens is 266 g/mol. The van der Waals surface area contributed by atoms with Crippen LogP contribution in [0, 0.1) is 12.3 Å². The van der Waals surface area contributed by atoms with Crippen LogP contribution in [0.15, 0.2) is 18.2 Å².